The summed E-state index contributed by atoms with van der Waals surface area (Å²) in [5.41, 5.74) is 6.96. The maximum Gasteiger partial charge on any atom is 0.271 e. The second-order valence-corrected chi connectivity index (χ2v) is 7.09. The molecule has 6 nitrogen and oxygen atoms in total. The van der Waals surface area contributed by atoms with Gasteiger partial charge in [0, 0.05) is 40.8 Å². The minimum absolute atomic E-state index is 0.117. The fourth-order valence-corrected chi connectivity index (χ4v) is 3.43. The number of aromatic hydroxyl groups is 2. The van der Waals surface area contributed by atoms with E-state index < -0.39 is 5.91 Å². The van der Waals surface area contributed by atoms with Gasteiger partial charge in [-0.25, -0.2) is 5.43 Å². The Bertz CT molecular complexity index is 1240. The van der Waals surface area contributed by atoms with Gasteiger partial charge >= 0.3 is 0 Å². The first kappa shape index (κ1) is 19.3. The molecule has 6 heteroatoms. The Labute approximate surface area is 173 Å². The molecule has 0 saturated carbocycles. The normalized spacial score (nSPS) is 11.2. The number of para-hydroxylation sites is 1. The van der Waals surface area contributed by atoms with Crippen molar-refractivity contribution >= 4 is 23.0 Å². The predicted molar refractivity (Wildman–Crippen MR) is 117 cm³/mol. The Morgan fingerprint density at radius 1 is 1.03 bits per heavy atom. The second-order valence-electron chi connectivity index (χ2n) is 7.09. The number of aryl methyl sites for hydroxylation is 1. The van der Waals surface area contributed by atoms with Crippen LogP contribution in [-0.4, -0.2) is 26.9 Å². The zero-order valence-electron chi connectivity index (χ0n) is 16.4. The van der Waals surface area contributed by atoms with E-state index in [1.54, 1.807) is 6.21 Å². The predicted octanol–water partition coefficient (Wildman–Crippen LogP) is 4.17. The topological polar surface area (TPSA) is 86.9 Å². The van der Waals surface area contributed by atoms with E-state index in [1.807, 2.05) is 36.5 Å². The van der Waals surface area contributed by atoms with Crippen molar-refractivity contribution in [1.29, 1.82) is 0 Å². The molecule has 1 heterocycles. The maximum atomic E-state index is 12.2. The molecule has 0 aliphatic heterocycles. The van der Waals surface area contributed by atoms with Gasteiger partial charge in [-0.15, -0.1) is 0 Å². The number of benzene rings is 3. The first-order chi connectivity index (χ1) is 14.5. The molecule has 4 rings (SSSR count). The van der Waals surface area contributed by atoms with Crippen LogP contribution in [0.4, 0.5) is 0 Å². The third kappa shape index (κ3) is 4.03. The molecule has 0 aliphatic rings. The quantitative estimate of drug-likeness (QED) is 0.348. The van der Waals surface area contributed by atoms with Crippen molar-refractivity contribution in [3.05, 3.63) is 95.2 Å². The summed E-state index contributed by atoms with van der Waals surface area (Å²) in [5.74, 6) is -0.909. The molecule has 3 aromatic carbocycles. The molecule has 3 N–H and O–H groups in total. The van der Waals surface area contributed by atoms with Gasteiger partial charge in [-0.05, 0) is 36.2 Å². The first-order valence-electron chi connectivity index (χ1n) is 9.50. The third-order valence-corrected chi connectivity index (χ3v) is 4.96. The molecule has 0 spiro atoms. The largest absolute Gasteiger partial charge is 0.508 e. The number of nitrogens with one attached hydrogen (secondary N) is 1. The average Bonchev–Trinajstić information content (AvgIpc) is 3.07. The van der Waals surface area contributed by atoms with Crippen molar-refractivity contribution in [2.75, 3.05) is 0 Å². The fraction of sp³-hybridized carbons (Fsp3) is 0.0833. The molecule has 1 amide bonds. The van der Waals surface area contributed by atoms with E-state index in [9.17, 15) is 15.0 Å². The number of carbonyl (C=O) groups excluding carboxylic acids is 1. The van der Waals surface area contributed by atoms with Gasteiger partial charge in [0.2, 0.25) is 0 Å². The van der Waals surface area contributed by atoms with Crippen LogP contribution in [0.1, 0.15) is 27.0 Å². The number of hydrazone groups is 1. The summed E-state index contributed by atoms with van der Waals surface area (Å²) in [6.45, 7) is 2.83. The summed E-state index contributed by atoms with van der Waals surface area (Å²) in [7, 11) is 0. The molecule has 150 valence electrons. The number of nitrogens with zero attached hydrogens (tertiary/aromatic N) is 2. The number of amides is 1. The van der Waals surface area contributed by atoms with Crippen LogP contribution in [0.2, 0.25) is 0 Å². The summed E-state index contributed by atoms with van der Waals surface area (Å²) < 4.78 is 2.16. The zero-order chi connectivity index (χ0) is 21.1. The molecule has 0 saturated heterocycles. The van der Waals surface area contributed by atoms with Gasteiger partial charge in [-0.1, -0.05) is 42.5 Å². The Balaban J connectivity index is 1.58. The molecule has 0 radical (unpaired) electrons. The van der Waals surface area contributed by atoms with E-state index in [0.29, 0.717) is 0 Å². The first-order valence-corrected chi connectivity index (χ1v) is 9.50. The van der Waals surface area contributed by atoms with Crippen LogP contribution in [0.15, 0.2) is 78.0 Å². The minimum Gasteiger partial charge on any atom is -0.508 e. The number of phenolic OH excluding ortho intramolecular Hbond substituents is 2. The fourth-order valence-electron chi connectivity index (χ4n) is 3.43. The number of fused-ring (bicyclic) bond motifs is 1. The SMILES string of the molecule is Cc1ccccc1Cn1cc(/C=N/NC(=O)c2cc(O)cc(O)c2)c2ccccc21. The number of aromatic nitrogens is 1. The molecule has 1 aromatic heterocycles. The molecule has 0 unspecified atom stereocenters. The number of hydrogen-bond acceptors (Lipinski definition) is 4. The lowest BCUT2D eigenvalue weighted by molar-refractivity contribution is 0.0954. The Hall–Kier alpha value is -4.06. The Morgan fingerprint density at radius 3 is 2.50 bits per heavy atom. The lowest BCUT2D eigenvalue weighted by Crippen LogP contribution is -2.17. The van der Waals surface area contributed by atoms with Crippen molar-refractivity contribution in [3.8, 4) is 11.5 Å². The second kappa shape index (κ2) is 8.13. The summed E-state index contributed by atoms with van der Waals surface area (Å²) in [4.78, 5) is 12.2. The molecule has 0 fully saturated rings. The standard InChI is InChI=1S/C24H21N3O3/c1-16-6-2-3-7-17(16)14-27-15-19(22-8-4-5-9-23(22)27)13-25-26-24(30)18-10-20(28)12-21(29)11-18/h2-13,15,28-29H,14H2,1H3,(H,26,30)/b25-13+. The smallest absolute Gasteiger partial charge is 0.271 e. The summed E-state index contributed by atoms with van der Waals surface area (Å²) in [5, 5.41) is 24.1. The van der Waals surface area contributed by atoms with Gasteiger partial charge < -0.3 is 14.8 Å². The van der Waals surface area contributed by atoms with Gasteiger partial charge in [-0.3, -0.25) is 4.79 Å². The summed E-state index contributed by atoms with van der Waals surface area (Å²) >= 11 is 0. The van der Waals surface area contributed by atoms with Crippen molar-refractivity contribution in [2.45, 2.75) is 13.5 Å². The number of carbonyl (C=O) groups is 1. The van der Waals surface area contributed by atoms with E-state index in [2.05, 4.69) is 40.2 Å². The van der Waals surface area contributed by atoms with Crippen LogP contribution < -0.4 is 5.43 Å². The third-order valence-electron chi connectivity index (χ3n) is 4.96. The van der Waals surface area contributed by atoms with Crippen molar-refractivity contribution in [3.63, 3.8) is 0 Å². The number of rotatable bonds is 5. The van der Waals surface area contributed by atoms with Crippen LogP contribution in [-0.2, 0) is 6.54 Å². The molecule has 0 atom stereocenters. The number of phenols is 2. The van der Waals surface area contributed by atoms with Gasteiger partial charge in [0.25, 0.3) is 5.91 Å². The van der Waals surface area contributed by atoms with Gasteiger partial charge in [0.1, 0.15) is 11.5 Å². The van der Waals surface area contributed by atoms with E-state index in [-0.39, 0.29) is 17.1 Å². The lowest BCUT2D eigenvalue weighted by Gasteiger charge is -2.08. The maximum absolute atomic E-state index is 12.2. The van der Waals surface area contributed by atoms with Crippen LogP contribution in [0, 0.1) is 6.92 Å². The van der Waals surface area contributed by atoms with Crippen molar-refractivity contribution in [1.82, 2.24) is 9.99 Å². The lowest BCUT2D eigenvalue weighted by atomic mass is 10.1. The highest BCUT2D eigenvalue weighted by molar-refractivity contribution is 6.00. The Kier molecular flexibility index (Phi) is 5.22. The average molecular weight is 399 g/mol. The summed E-state index contributed by atoms with van der Waals surface area (Å²) in [6, 6.07) is 20.0. The molecule has 0 aliphatic carbocycles. The van der Waals surface area contributed by atoms with E-state index in [0.717, 1.165) is 29.1 Å². The highest BCUT2D eigenvalue weighted by atomic mass is 16.3. The van der Waals surface area contributed by atoms with Crippen LogP contribution in [0.3, 0.4) is 0 Å². The highest BCUT2D eigenvalue weighted by Crippen LogP contribution is 2.22. The molecular weight excluding hydrogens is 378 g/mol. The molecular formula is C24H21N3O3. The van der Waals surface area contributed by atoms with Crippen LogP contribution in [0.25, 0.3) is 10.9 Å². The molecule has 0 bridgehead atoms. The zero-order valence-corrected chi connectivity index (χ0v) is 16.4. The number of hydrogen-bond donors (Lipinski definition) is 3. The van der Waals surface area contributed by atoms with Gasteiger partial charge in [0.05, 0.1) is 6.21 Å². The Morgan fingerprint density at radius 2 is 1.73 bits per heavy atom. The van der Waals surface area contributed by atoms with Crippen LogP contribution >= 0.6 is 0 Å². The van der Waals surface area contributed by atoms with Crippen LogP contribution in [0.5, 0.6) is 11.5 Å². The van der Waals surface area contributed by atoms with Gasteiger partial charge in [-0.2, -0.15) is 5.10 Å². The monoisotopic (exact) mass is 399 g/mol. The highest BCUT2D eigenvalue weighted by Gasteiger charge is 2.10. The summed E-state index contributed by atoms with van der Waals surface area (Å²) in [6.07, 6.45) is 3.60. The molecule has 4 aromatic rings. The van der Waals surface area contributed by atoms with Crippen molar-refractivity contribution < 1.29 is 15.0 Å². The minimum atomic E-state index is -0.527. The van der Waals surface area contributed by atoms with E-state index >= 15 is 0 Å². The van der Waals surface area contributed by atoms with Crippen molar-refractivity contribution in [2.24, 2.45) is 5.10 Å². The van der Waals surface area contributed by atoms with E-state index in [1.165, 1.54) is 23.3 Å². The molecule has 30 heavy (non-hydrogen) atoms. The van der Waals surface area contributed by atoms with E-state index in [4.69, 9.17) is 0 Å². The van der Waals surface area contributed by atoms with Gasteiger partial charge in [0.15, 0.2) is 0 Å².